The zero-order valence-corrected chi connectivity index (χ0v) is 16.6. The van der Waals surface area contributed by atoms with Gasteiger partial charge in [0.2, 0.25) is 0 Å². The van der Waals surface area contributed by atoms with Gasteiger partial charge in [0.15, 0.2) is 0 Å². The number of piperazine rings is 1. The lowest BCUT2D eigenvalue weighted by Gasteiger charge is -2.41. The third-order valence-corrected chi connectivity index (χ3v) is 6.60. The van der Waals surface area contributed by atoms with Gasteiger partial charge in [-0.05, 0) is 37.1 Å². The molecule has 5 nitrogen and oxygen atoms in total. The van der Waals surface area contributed by atoms with Gasteiger partial charge >= 0.3 is 0 Å². The summed E-state index contributed by atoms with van der Waals surface area (Å²) >= 11 is 1.84. The van der Waals surface area contributed by atoms with Crippen LogP contribution in [0.25, 0.3) is 0 Å². The summed E-state index contributed by atoms with van der Waals surface area (Å²) in [6.45, 7) is 7.88. The molecule has 1 saturated heterocycles. The first kappa shape index (κ1) is 18.7. The van der Waals surface area contributed by atoms with Crippen molar-refractivity contribution in [2.45, 2.75) is 26.3 Å². The number of nitrogens with one attached hydrogen (secondary N) is 1. The molecule has 3 heterocycles. The number of aliphatic hydroxyl groups excluding tert-OH is 1. The second-order valence-electron chi connectivity index (χ2n) is 7.10. The fourth-order valence-corrected chi connectivity index (χ4v) is 4.98. The Morgan fingerprint density at radius 2 is 2.00 bits per heavy atom. The van der Waals surface area contributed by atoms with E-state index in [0.717, 1.165) is 63.5 Å². The number of hydrogen-bond acceptors (Lipinski definition) is 6. The van der Waals surface area contributed by atoms with Crippen LogP contribution < -0.4 is 10.3 Å². The molecule has 1 aromatic carbocycles. The molecule has 0 spiro atoms. The van der Waals surface area contributed by atoms with Crippen molar-refractivity contribution in [3.05, 3.63) is 40.5 Å². The molecule has 2 aliphatic rings. The highest BCUT2D eigenvalue weighted by Crippen LogP contribution is 2.44. The predicted octanol–water partition coefficient (Wildman–Crippen LogP) is 3.43. The van der Waals surface area contributed by atoms with Gasteiger partial charge in [-0.3, -0.25) is 5.01 Å². The summed E-state index contributed by atoms with van der Waals surface area (Å²) in [4.78, 5) is 3.78. The number of nitrogens with zero attached hydrogens (tertiary/aromatic N) is 3. The molecule has 7 heteroatoms. The molecule has 2 aromatic rings. The van der Waals surface area contributed by atoms with Crippen LogP contribution in [0, 0.1) is 5.82 Å². The van der Waals surface area contributed by atoms with E-state index in [-0.39, 0.29) is 12.4 Å². The summed E-state index contributed by atoms with van der Waals surface area (Å²) in [6.07, 6.45) is 1.85. The third-order valence-electron chi connectivity index (χ3n) is 5.30. The van der Waals surface area contributed by atoms with Crippen molar-refractivity contribution in [3.8, 4) is 0 Å². The molecule has 0 bridgehead atoms. The zero-order valence-electron chi connectivity index (χ0n) is 15.7. The average molecular weight is 391 g/mol. The van der Waals surface area contributed by atoms with Crippen molar-refractivity contribution >= 4 is 27.7 Å². The van der Waals surface area contributed by atoms with Gasteiger partial charge in [0.25, 0.3) is 0 Å². The summed E-state index contributed by atoms with van der Waals surface area (Å²) < 4.78 is 13.8. The largest absolute Gasteiger partial charge is 0.396 e. The summed E-state index contributed by atoms with van der Waals surface area (Å²) in [5.74, 6) is -0.213. The Labute approximate surface area is 164 Å². The molecule has 0 aliphatic carbocycles. The number of halogens is 1. The smallest absolute Gasteiger partial charge is 0.125 e. The highest BCUT2D eigenvalue weighted by Gasteiger charge is 2.30. The molecule has 0 saturated carbocycles. The van der Waals surface area contributed by atoms with Crippen molar-refractivity contribution in [2.24, 2.45) is 0 Å². The van der Waals surface area contributed by atoms with Gasteiger partial charge in [-0.25, -0.2) is 9.40 Å². The monoisotopic (exact) mass is 390 g/mol. The van der Waals surface area contributed by atoms with Gasteiger partial charge in [-0.15, -0.1) is 11.3 Å². The maximum Gasteiger partial charge on any atom is 0.125 e. The van der Waals surface area contributed by atoms with Crippen LogP contribution in [0.4, 0.5) is 20.8 Å². The van der Waals surface area contributed by atoms with E-state index in [0.29, 0.717) is 0 Å². The Kier molecular flexibility index (Phi) is 5.63. The van der Waals surface area contributed by atoms with Gasteiger partial charge in [0.1, 0.15) is 10.8 Å². The van der Waals surface area contributed by atoms with Gasteiger partial charge < -0.3 is 15.3 Å². The molecule has 4 rings (SSSR count). The Hall–Kier alpha value is -1.67. The Bertz CT molecular complexity index is 788. The summed E-state index contributed by atoms with van der Waals surface area (Å²) in [6, 6.07) is 7.30. The highest BCUT2D eigenvalue weighted by molar-refractivity contribution is 7.16. The molecule has 1 fully saturated rings. The van der Waals surface area contributed by atoms with Crippen molar-refractivity contribution < 1.29 is 9.50 Å². The molecule has 2 aliphatic heterocycles. The first-order valence-electron chi connectivity index (χ1n) is 9.72. The molecule has 0 atom stereocenters. The lowest BCUT2D eigenvalue weighted by atomic mass is 10.2. The zero-order chi connectivity index (χ0) is 18.8. The summed E-state index contributed by atoms with van der Waals surface area (Å²) in [7, 11) is 0. The lowest BCUT2D eigenvalue weighted by molar-refractivity contribution is 0.125. The fourth-order valence-electron chi connectivity index (χ4n) is 3.83. The van der Waals surface area contributed by atoms with E-state index in [1.54, 1.807) is 12.1 Å². The first-order valence-corrected chi connectivity index (χ1v) is 10.5. The van der Waals surface area contributed by atoms with E-state index < -0.39 is 0 Å². The highest BCUT2D eigenvalue weighted by atomic mass is 32.1. The minimum atomic E-state index is -0.213. The molecular formula is C20H27FN4OS. The summed E-state index contributed by atoms with van der Waals surface area (Å²) in [5.41, 5.74) is 3.14. The normalized spacial score (nSPS) is 18.0. The number of aliphatic hydroxyl groups is 1. The van der Waals surface area contributed by atoms with Crippen LogP contribution in [0.15, 0.2) is 24.3 Å². The maximum absolute atomic E-state index is 13.8. The molecular weight excluding hydrogens is 363 g/mol. The van der Waals surface area contributed by atoms with E-state index >= 15 is 0 Å². The van der Waals surface area contributed by atoms with Gasteiger partial charge in [-0.2, -0.15) is 0 Å². The number of anilines is 3. The van der Waals surface area contributed by atoms with Crippen LogP contribution in [-0.2, 0) is 13.0 Å². The maximum atomic E-state index is 13.8. The fraction of sp³-hybridized carbons (Fsp3) is 0.500. The minimum absolute atomic E-state index is 0.213. The quantitative estimate of drug-likeness (QED) is 0.819. The van der Waals surface area contributed by atoms with Crippen molar-refractivity contribution in [2.75, 3.05) is 49.7 Å². The molecule has 2 N–H and O–H groups in total. The average Bonchev–Trinajstić information content (AvgIpc) is 3.04. The van der Waals surface area contributed by atoms with Crippen LogP contribution in [0.5, 0.6) is 0 Å². The molecule has 0 unspecified atom stereocenters. The summed E-state index contributed by atoms with van der Waals surface area (Å²) in [5, 5.41) is 18.4. The van der Waals surface area contributed by atoms with Gasteiger partial charge in [-0.1, -0.05) is 6.92 Å². The predicted molar refractivity (Wildman–Crippen MR) is 109 cm³/mol. The second kappa shape index (κ2) is 8.14. The Morgan fingerprint density at radius 1 is 1.19 bits per heavy atom. The molecule has 27 heavy (non-hydrogen) atoms. The topological polar surface area (TPSA) is 42.0 Å². The van der Waals surface area contributed by atoms with E-state index in [1.165, 1.54) is 15.4 Å². The van der Waals surface area contributed by atoms with E-state index in [9.17, 15) is 4.39 Å². The van der Waals surface area contributed by atoms with Crippen molar-refractivity contribution in [1.82, 2.24) is 9.91 Å². The van der Waals surface area contributed by atoms with Crippen LogP contribution in [0.3, 0.4) is 0 Å². The van der Waals surface area contributed by atoms with Crippen LogP contribution in [-0.4, -0.2) is 54.3 Å². The number of benzene rings is 1. The number of rotatable bonds is 5. The molecule has 1 aromatic heterocycles. The van der Waals surface area contributed by atoms with Gasteiger partial charge in [0, 0.05) is 56.3 Å². The Morgan fingerprint density at radius 3 is 2.74 bits per heavy atom. The number of hydrazine groups is 1. The second-order valence-corrected chi connectivity index (χ2v) is 8.21. The van der Waals surface area contributed by atoms with E-state index in [1.807, 2.05) is 17.4 Å². The number of thiophene rings is 1. The van der Waals surface area contributed by atoms with Crippen LogP contribution in [0.1, 0.15) is 23.8 Å². The minimum Gasteiger partial charge on any atom is -0.396 e. The first-order chi connectivity index (χ1) is 13.2. The lowest BCUT2D eigenvalue weighted by Crippen LogP contribution is -2.52. The molecule has 0 amide bonds. The number of aryl methyl sites for hydroxylation is 1. The van der Waals surface area contributed by atoms with Gasteiger partial charge in [0.05, 0.1) is 11.4 Å². The third kappa shape index (κ3) is 3.82. The van der Waals surface area contributed by atoms with Crippen molar-refractivity contribution in [1.29, 1.82) is 0 Å². The van der Waals surface area contributed by atoms with Crippen LogP contribution >= 0.6 is 11.3 Å². The van der Waals surface area contributed by atoms with E-state index in [2.05, 4.69) is 33.2 Å². The molecule has 146 valence electrons. The Balaban J connectivity index is 1.65. The molecule has 0 radical (unpaired) electrons. The van der Waals surface area contributed by atoms with Crippen molar-refractivity contribution in [3.63, 3.8) is 0 Å². The van der Waals surface area contributed by atoms with E-state index in [4.69, 9.17) is 5.11 Å². The standard InChI is InChI=1S/C20H27FN4OS/c1-2-17-12-15-14-22-18-13-16(21)4-5-19(18)25(20(15)27-17)24-9-7-23(8-10-24)6-3-11-26/h4-5,12-13,22,26H,2-3,6-11,14H2,1H3. The number of fused-ring (bicyclic) bond motifs is 2. The number of hydrogen-bond donors (Lipinski definition) is 2. The van der Waals surface area contributed by atoms with Crippen LogP contribution in [0.2, 0.25) is 0 Å². The SMILES string of the molecule is CCc1cc2c(s1)N(N1CCN(CCCO)CC1)c1ccc(F)cc1NC2.